The van der Waals surface area contributed by atoms with E-state index in [9.17, 15) is 8.42 Å². The topological polar surface area (TPSA) is 64.0 Å². The molecule has 0 radical (unpaired) electrons. The van der Waals surface area contributed by atoms with Crippen molar-refractivity contribution >= 4 is 9.84 Å². The second-order valence-electron chi connectivity index (χ2n) is 5.11. The molecular weight excluding hydrogens is 262 g/mol. The largest absolute Gasteiger partial charge is 0.311 e. The molecule has 1 aliphatic heterocycles. The Bertz CT molecular complexity index is 522. The maximum Gasteiger partial charge on any atom is 0.151 e. The van der Waals surface area contributed by atoms with Crippen LogP contribution in [-0.4, -0.2) is 42.3 Å². The molecule has 0 aliphatic carbocycles. The summed E-state index contributed by atoms with van der Waals surface area (Å²) in [5.41, 5.74) is 2.37. The highest BCUT2D eigenvalue weighted by Gasteiger charge is 2.27. The molecule has 0 aromatic carbocycles. The summed E-state index contributed by atoms with van der Waals surface area (Å²) >= 11 is 0. The highest BCUT2D eigenvalue weighted by atomic mass is 32.2. The standard InChI is InChI=1S/C13H23N3O2S/c1-3-11-9-13(4-2)16(15-11)7-6-14-12-5-8-19(17,18)10-12/h9,12,14H,3-8,10H2,1-2H3. The third-order valence-corrected chi connectivity index (χ3v) is 5.40. The summed E-state index contributed by atoms with van der Waals surface area (Å²) in [6.45, 7) is 5.81. The van der Waals surface area contributed by atoms with E-state index in [-0.39, 0.29) is 11.8 Å². The van der Waals surface area contributed by atoms with Crippen molar-refractivity contribution in [3.8, 4) is 0 Å². The number of aromatic nitrogens is 2. The molecule has 108 valence electrons. The lowest BCUT2D eigenvalue weighted by atomic mass is 10.2. The van der Waals surface area contributed by atoms with Crippen LogP contribution in [0.2, 0.25) is 0 Å². The predicted octanol–water partition coefficient (Wildman–Crippen LogP) is 0.785. The Labute approximate surface area is 115 Å². The predicted molar refractivity (Wildman–Crippen MR) is 76.0 cm³/mol. The van der Waals surface area contributed by atoms with Crippen molar-refractivity contribution in [3.05, 3.63) is 17.5 Å². The fourth-order valence-electron chi connectivity index (χ4n) is 2.50. The zero-order chi connectivity index (χ0) is 13.9. The first-order chi connectivity index (χ1) is 9.04. The number of hydrogen-bond donors (Lipinski definition) is 1. The molecule has 1 N–H and O–H groups in total. The van der Waals surface area contributed by atoms with Crippen LogP contribution in [0.3, 0.4) is 0 Å². The smallest absolute Gasteiger partial charge is 0.151 e. The van der Waals surface area contributed by atoms with Gasteiger partial charge < -0.3 is 5.32 Å². The van der Waals surface area contributed by atoms with Gasteiger partial charge >= 0.3 is 0 Å². The van der Waals surface area contributed by atoms with Crippen LogP contribution in [0.1, 0.15) is 31.7 Å². The first-order valence-corrected chi connectivity index (χ1v) is 8.85. The molecule has 1 fully saturated rings. The molecule has 1 saturated heterocycles. The highest BCUT2D eigenvalue weighted by Crippen LogP contribution is 2.11. The Morgan fingerprint density at radius 2 is 2.21 bits per heavy atom. The van der Waals surface area contributed by atoms with Crippen molar-refractivity contribution in [1.29, 1.82) is 0 Å². The quantitative estimate of drug-likeness (QED) is 0.839. The van der Waals surface area contributed by atoms with Gasteiger partial charge in [-0.3, -0.25) is 4.68 Å². The van der Waals surface area contributed by atoms with E-state index < -0.39 is 9.84 Å². The molecular formula is C13H23N3O2S. The Morgan fingerprint density at radius 3 is 2.79 bits per heavy atom. The molecule has 0 spiro atoms. The van der Waals surface area contributed by atoms with Gasteiger partial charge in [0.2, 0.25) is 0 Å². The van der Waals surface area contributed by atoms with Crippen LogP contribution in [0.25, 0.3) is 0 Å². The van der Waals surface area contributed by atoms with E-state index in [0.717, 1.165) is 38.0 Å². The second-order valence-corrected chi connectivity index (χ2v) is 7.34. The van der Waals surface area contributed by atoms with Gasteiger partial charge in [-0.05, 0) is 25.3 Å². The molecule has 1 aliphatic rings. The van der Waals surface area contributed by atoms with E-state index in [1.807, 2.05) is 4.68 Å². The van der Waals surface area contributed by atoms with Crippen molar-refractivity contribution in [2.75, 3.05) is 18.1 Å². The summed E-state index contributed by atoms with van der Waals surface area (Å²) in [5, 5.41) is 7.87. The summed E-state index contributed by atoms with van der Waals surface area (Å²) in [6.07, 6.45) is 2.67. The number of nitrogens with zero attached hydrogens (tertiary/aromatic N) is 2. The van der Waals surface area contributed by atoms with Crippen molar-refractivity contribution < 1.29 is 8.42 Å². The number of hydrogen-bond acceptors (Lipinski definition) is 4. The van der Waals surface area contributed by atoms with Gasteiger partial charge in [0.15, 0.2) is 9.84 Å². The molecule has 1 atom stereocenters. The van der Waals surface area contributed by atoms with Gasteiger partial charge in [0, 0.05) is 18.3 Å². The first kappa shape index (κ1) is 14.5. The third-order valence-electron chi connectivity index (χ3n) is 3.63. The molecule has 2 heterocycles. The van der Waals surface area contributed by atoms with Gasteiger partial charge in [-0.25, -0.2) is 8.42 Å². The van der Waals surface area contributed by atoms with Crippen LogP contribution < -0.4 is 5.32 Å². The van der Waals surface area contributed by atoms with E-state index in [0.29, 0.717) is 5.75 Å². The van der Waals surface area contributed by atoms with Gasteiger partial charge in [-0.15, -0.1) is 0 Å². The van der Waals surface area contributed by atoms with E-state index in [1.165, 1.54) is 5.69 Å². The summed E-state index contributed by atoms with van der Waals surface area (Å²) in [7, 11) is -2.79. The maximum absolute atomic E-state index is 11.4. The van der Waals surface area contributed by atoms with Crippen LogP contribution in [0, 0.1) is 0 Å². The zero-order valence-electron chi connectivity index (χ0n) is 11.7. The van der Waals surface area contributed by atoms with E-state index >= 15 is 0 Å². The van der Waals surface area contributed by atoms with Crippen molar-refractivity contribution in [2.45, 2.75) is 45.7 Å². The minimum absolute atomic E-state index is 0.122. The lowest BCUT2D eigenvalue weighted by Gasteiger charge is -2.11. The first-order valence-electron chi connectivity index (χ1n) is 7.03. The Kier molecular flexibility index (Phi) is 4.62. The Morgan fingerprint density at radius 1 is 1.42 bits per heavy atom. The lowest BCUT2D eigenvalue weighted by molar-refractivity contribution is 0.489. The average Bonchev–Trinajstić information content (AvgIpc) is 2.92. The molecule has 0 bridgehead atoms. The summed E-state index contributed by atoms with van der Waals surface area (Å²) in [5.74, 6) is 0.611. The van der Waals surface area contributed by atoms with E-state index in [1.54, 1.807) is 0 Å². The minimum Gasteiger partial charge on any atom is -0.311 e. The molecule has 1 aromatic heterocycles. The Balaban J connectivity index is 1.84. The molecule has 1 unspecified atom stereocenters. The van der Waals surface area contributed by atoms with Crippen LogP contribution in [0.4, 0.5) is 0 Å². The Hall–Kier alpha value is -0.880. The van der Waals surface area contributed by atoms with Crippen LogP contribution in [0.15, 0.2) is 6.07 Å². The van der Waals surface area contributed by atoms with Crippen molar-refractivity contribution in [3.63, 3.8) is 0 Å². The van der Waals surface area contributed by atoms with Gasteiger partial charge in [0.25, 0.3) is 0 Å². The molecule has 6 heteroatoms. The van der Waals surface area contributed by atoms with Gasteiger partial charge in [-0.1, -0.05) is 13.8 Å². The molecule has 5 nitrogen and oxygen atoms in total. The van der Waals surface area contributed by atoms with Crippen LogP contribution in [-0.2, 0) is 29.2 Å². The molecule has 0 amide bonds. The number of nitrogens with one attached hydrogen (secondary N) is 1. The molecule has 0 saturated carbocycles. The van der Waals surface area contributed by atoms with Gasteiger partial charge in [0.05, 0.1) is 23.7 Å². The number of rotatable bonds is 6. The van der Waals surface area contributed by atoms with Gasteiger partial charge in [0.1, 0.15) is 0 Å². The molecule has 1 aromatic rings. The maximum atomic E-state index is 11.4. The molecule has 2 rings (SSSR count). The monoisotopic (exact) mass is 285 g/mol. The summed E-state index contributed by atoms with van der Waals surface area (Å²) in [4.78, 5) is 0. The second kappa shape index (κ2) is 6.05. The van der Waals surface area contributed by atoms with E-state index in [2.05, 4.69) is 30.3 Å². The van der Waals surface area contributed by atoms with Crippen LogP contribution >= 0.6 is 0 Å². The summed E-state index contributed by atoms with van der Waals surface area (Å²) < 4.78 is 24.8. The number of aryl methyl sites for hydroxylation is 2. The third kappa shape index (κ3) is 3.79. The SMILES string of the molecule is CCc1cc(CC)n(CCNC2CCS(=O)(=O)C2)n1. The van der Waals surface area contributed by atoms with Crippen molar-refractivity contribution in [1.82, 2.24) is 15.1 Å². The number of sulfone groups is 1. The normalized spacial score (nSPS) is 21.9. The average molecular weight is 285 g/mol. The summed E-state index contributed by atoms with van der Waals surface area (Å²) in [6, 6.07) is 2.27. The lowest BCUT2D eigenvalue weighted by Crippen LogP contribution is -2.33. The van der Waals surface area contributed by atoms with Crippen LogP contribution in [0.5, 0.6) is 0 Å². The molecule has 19 heavy (non-hydrogen) atoms. The zero-order valence-corrected chi connectivity index (χ0v) is 12.5. The van der Waals surface area contributed by atoms with Gasteiger partial charge in [-0.2, -0.15) is 5.10 Å². The van der Waals surface area contributed by atoms with Crippen molar-refractivity contribution in [2.24, 2.45) is 0 Å². The minimum atomic E-state index is -2.79. The fourth-order valence-corrected chi connectivity index (χ4v) is 4.20. The van der Waals surface area contributed by atoms with E-state index in [4.69, 9.17) is 0 Å². The fraction of sp³-hybridized carbons (Fsp3) is 0.769. The highest BCUT2D eigenvalue weighted by molar-refractivity contribution is 7.91.